The van der Waals surface area contributed by atoms with E-state index in [2.05, 4.69) is 6.07 Å². The molecule has 2 aromatic rings. The summed E-state index contributed by atoms with van der Waals surface area (Å²) in [5.74, 6) is 1.96. The van der Waals surface area contributed by atoms with Crippen molar-refractivity contribution in [2.75, 3.05) is 21.3 Å². The largest absolute Gasteiger partial charge is 0.496 e. The van der Waals surface area contributed by atoms with E-state index >= 15 is 0 Å². The highest BCUT2D eigenvalue weighted by molar-refractivity contribution is 6.23. The molecule has 2 aromatic carbocycles. The minimum Gasteiger partial charge on any atom is -0.496 e. The Morgan fingerprint density at radius 1 is 0.905 bits per heavy atom. The summed E-state index contributed by atoms with van der Waals surface area (Å²) in [7, 11) is 4.82. The van der Waals surface area contributed by atoms with Crippen molar-refractivity contribution >= 4 is 11.6 Å². The molecule has 0 bridgehead atoms. The molecule has 0 aliphatic rings. The van der Waals surface area contributed by atoms with Gasteiger partial charge in [-0.1, -0.05) is 29.8 Å². The van der Waals surface area contributed by atoms with Gasteiger partial charge in [0.1, 0.15) is 17.2 Å². The molecule has 3 nitrogen and oxygen atoms in total. The number of hydrogen-bond acceptors (Lipinski definition) is 3. The summed E-state index contributed by atoms with van der Waals surface area (Å²) >= 11 is 6.67. The lowest BCUT2D eigenvalue weighted by Gasteiger charge is -2.19. The Labute approximate surface area is 130 Å². The van der Waals surface area contributed by atoms with E-state index < -0.39 is 0 Å². The Balaban J connectivity index is 2.55. The van der Waals surface area contributed by atoms with E-state index in [4.69, 9.17) is 25.8 Å². The zero-order chi connectivity index (χ0) is 15.4. The standard InChI is InChI=1S/C17H19ClO3/c1-11-6-5-7-12(8-11)17(18)16-14(20-3)9-13(19-2)10-15(16)21-4/h5-10,17H,1-4H3. The van der Waals surface area contributed by atoms with Crippen LogP contribution >= 0.6 is 11.6 Å². The van der Waals surface area contributed by atoms with Crippen LogP contribution in [0, 0.1) is 6.92 Å². The Kier molecular flexibility index (Phi) is 4.97. The van der Waals surface area contributed by atoms with Gasteiger partial charge in [0.15, 0.2) is 0 Å². The van der Waals surface area contributed by atoms with Crippen molar-refractivity contribution in [1.29, 1.82) is 0 Å². The molecular formula is C17H19ClO3. The summed E-state index contributed by atoms with van der Waals surface area (Å²) in [5, 5.41) is -0.360. The molecule has 0 heterocycles. The van der Waals surface area contributed by atoms with E-state index in [1.165, 1.54) is 0 Å². The Morgan fingerprint density at radius 2 is 1.52 bits per heavy atom. The van der Waals surface area contributed by atoms with E-state index in [0.717, 1.165) is 16.7 Å². The molecule has 0 fully saturated rings. The lowest BCUT2D eigenvalue weighted by molar-refractivity contribution is 0.369. The molecular weight excluding hydrogens is 288 g/mol. The molecule has 1 unspecified atom stereocenters. The van der Waals surface area contributed by atoms with Crippen LogP contribution in [-0.4, -0.2) is 21.3 Å². The first-order chi connectivity index (χ1) is 10.1. The SMILES string of the molecule is COc1cc(OC)c(C(Cl)c2cccc(C)c2)c(OC)c1. The summed E-state index contributed by atoms with van der Waals surface area (Å²) in [5.41, 5.74) is 2.95. The summed E-state index contributed by atoms with van der Waals surface area (Å²) in [6.45, 7) is 2.04. The first-order valence-electron chi connectivity index (χ1n) is 6.61. The number of ether oxygens (including phenoxy) is 3. The van der Waals surface area contributed by atoms with Crippen LogP contribution < -0.4 is 14.2 Å². The molecule has 2 rings (SSSR count). The van der Waals surface area contributed by atoms with Crippen molar-refractivity contribution in [2.24, 2.45) is 0 Å². The third-order valence-electron chi connectivity index (χ3n) is 3.34. The molecule has 0 aliphatic carbocycles. The number of benzene rings is 2. The van der Waals surface area contributed by atoms with Gasteiger partial charge in [0.25, 0.3) is 0 Å². The highest BCUT2D eigenvalue weighted by Gasteiger charge is 2.22. The molecule has 0 aromatic heterocycles. The van der Waals surface area contributed by atoms with Crippen molar-refractivity contribution in [1.82, 2.24) is 0 Å². The smallest absolute Gasteiger partial charge is 0.131 e. The predicted octanol–water partition coefficient (Wildman–Crippen LogP) is 4.35. The third-order valence-corrected chi connectivity index (χ3v) is 3.81. The van der Waals surface area contributed by atoms with Gasteiger partial charge in [-0.05, 0) is 12.5 Å². The highest BCUT2D eigenvalue weighted by Crippen LogP contribution is 2.43. The average Bonchev–Trinajstić information content (AvgIpc) is 2.52. The number of alkyl halides is 1. The average molecular weight is 307 g/mol. The molecule has 0 saturated heterocycles. The summed E-state index contributed by atoms with van der Waals surface area (Å²) in [4.78, 5) is 0. The van der Waals surface area contributed by atoms with Gasteiger partial charge < -0.3 is 14.2 Å². The molecule has 0 aliphatic heterocycles. The monoisotopic (exact) mass is 306 g/mol. The molecule has 21 heavy (non-hydrogen) atoms. The van der Waals surface area contributed by atoms with E-state index in [1.54, 1.807) is 21.3 Å². The summed E-state index contributed by atoms with van der Waals surface area (Å²) < 4.78 is 16.2. The van der Waals surface area contributed by atoms with Gasteiger partial charge >= 0.3 is 0 Å². The maximum absolute atomic E-state index is 6.67. The third kappa shape index (κ3) is 3.24. The van der Waals surface area contributed by atoms with E-state index in [1.807, 2.05) is 37.3 Å². The van der Waals surface area contributed by atoms with Gasteiger partial charge in [-0.25, -0.2) is 0 Å². The van der Waals surface area contributed by atoms with E-state index in [0.29, 0.717) is 17.2 Å². The Bertz CT molecular complexity index is 600. The van der Waals surface area contributed by atoms with Gasteiger partial charge in [-0.3, -0.25) is 0 Å². The molecule has 112 valence electrons. The van der Waals surface area contributed by atoms with Crippen molar-refractivity contribution in [2.45, 2.75) is 12.3 Å². The fraction of sp³-hybridized carbons (Fsp3) is 0.294. The van der Waals surface area contributed by atoms with Crippen molar-refractivity contribution in [3.8, 4) is 17.2 Å². The number of methoxy groups -OCH3 is 3. The van der Waals surface area contributed by atoms with Gasteiger partial charge in [-0.15, -0.1) is 11.6 Å². The van der Waals surface area contributed by atoms with Gasteiger partial charge in [0.2, 0.25) is 0 Å². The molecule has 0 radical (unpaired) electrons. The minimum atomic E-state index is -0.360. The van der Waals surface area contributed by atoms with Crippen LogP contribution in [0.2, 0.25) is 0 Å². The second-order valence-corrected chi connectivity index (χ2v) is 5.16. The number of hydrogen-bond donors (Lipinski definition) is 0. The number of rotatable bonds is 5. The van der Waals surface area contributed by atoms with Crippen LogP contribution in [0.5, 0.6) is 17.2 Å². The number of halogens is 1. The lowest BCUT2D eigenvalue weighted by atomic mass is 10.0. The van der Waals surface area contributed by atoms with Crippen LogP contribution in [-0.2, 0) is 0 Å². The van der Waals surface area contributed by atoms with Crippen LogP contribution in [0.15, 0.2) is 36.4 Å². The highest BCUT2D eigenvalue weighted by atomic mass is 35.5. The molecule has 0 N–H and O–H groups in total. The fourth-order valence-electron chi connectivity index (χ4n) is 2.28. The molecule has 0 saturated carbocycles. The maximum Gasteiger partial charge on any atom is 0.131 e. The van der Waals surface area contributed by atoms with Gasteiger partial charge in [0.05, 0.1) is 32.3 Å². The molecule has 1 atom stereocenters. The van der Waals surface area contributed by atoms with Crippen LogP contribution in [0.25, 0.3) is 0 Å². The van der Waals surface area contributed by atoms with Crippen molar-refractivity contribution in [3.63, 3.8) is 0 Å². The Hall–Kier alpha value is -1.87. The Morgan fingerprint density at radius 3 is 2.00 bits per heavy atom. The topological polar surface area (TPSA) is 27.7 Å². The van der Waals surface area contributed by atoms with E-state index in [-0.39, 0.29) is 5.38 Å². The minimum absolute atomic E-state index is 0.360. The first-order valence-corrected chi connectivity index (χ1v) is 7.05. The van der Waals surface area contributed by atoms with Crippen LogP contribution in [0.3, 0.4) is 0 Å². The van der Waals surface area contributed by atoms with Crippen LogP contribution in [0.4, 0.5) is 0 Å². The normalized spacial score (nSPS) is 11.9. The molecule has 4 heteroatoms. The van der Waals surface area contributed by atoms with Gasteiger partial charge in [0, 0.05) is 12.1 Å². The first kappa shape index (κ1) is 15.5. The zero-order valence-electron chi connectivity index (χ0n) is 12.6. The van der Waals surface area contributed by atoms with Gasteiger partial charge in [-0.2, -0.15) is 0 Å². The molecule has 0 spiro atoms. The summed E-state index contributed by atoms with van der Waals surface area (Å²) in [6, 6.07) is 11.7. The predicted molar refractivity (Wildman–Crippen MR) is 85.0 cm³/mol. The lowest BCUT2D eigenvalue weighted by Crippen LogP contribution is -2.02. The second kappa shape index (κ2) is 6.72. The van der Waals surface area contributed by atoms with Crippen molar-refractivity contribution in [3.05, 3.63) is 53.1 Å². The number of aryl methyl sites for hydroxylation is 1. The maximum atomic E-state index is 6.67. The fourth-order valence-corrected chi connectivity index (χ4v) is 2.63. The van der Waals surface area contributed by atoms with Crippen molar-refractivity contribution < 1.29 is 14.2 Å². The van der Waals surface area contributed by atoms with E-state index in [9.17, 15) is 0 Å². The van der Waals surface area contributed by atoms with Crippen LogP contribution in [0.1, 0.15) is 22.1 Å². The summed E-state index contributed by atoms with van der Waals surface area (Å²) in [6.07, 6.45) is 0. The molecule has 0 amide bonds. The quantitative estimate of drug-likeness (QED) is 0.769. The zero-order valence-corrected chi connectivity index (χ0v) is 13.4. The second-order valence-electron chi connectivity index (χ2n) is 4.72.